The Bertz CT molecular complexity index is 168. The van der Waals surface area contributed by atoms with Gasteiger partial charge in [-0.05, 0) is 0 Å². The Labute approximate surface area is 80.5 Å². The van der Waals surface area contributed by atoms with Crippen LogP contribution in [0.1, 0.15) is 6.42 Å². The van der Waals surface area contributed by atoms with Gasteiger partial charge in [-0.15, -0.1) is 12.4 Å². The minimum Gasteiger partial charge on any atom is -0.465 e. The van der Waals surface area contributed by atoms with Crippen molar-refractivity contribution in [2.24, 2.45) is 5.73 Å². The van der Waals surface area contributed by atoms with Gasteiger partial charge >= 0.3 is 11.9 Å². The molecule has 0 unspecified atom stereocenters. The molecule has 0 aromatic carbocycles. The second-order valence-corrected chi connectivity index (χ2v) is 2.34. The molecule has 80 valence electrons. The second-order valence-electron chi connectivity index (χ2n) is 2.34. The zero-order chi connectivity index (χ0) is 9.78. The maximum atomic E-state index is 12.6. The Kier molecular flexibility index (Phi) is 7.01. The highest BCUT2D eigenvalue weighted by Crippen LogP contribution is 2.20. The molecule has 0 aromatic rings. The van der Waals surface area contributed by atoms with Gasteiger partial charge in [0.2, 0.25) is 0 Å². The number of methoxy groups -OCH3 is 1. The van der Waals surface area contributed by atoms with Gasteiger partial charge in [-0.25, -0.2) is 4.79 Å². The Morgan fingerprint density at radius 1 is 1.69 bits per heavy atom. The van der Waals surface area contributed by atoms with Crippen LogP contribution in [0.4, 0.5) is 8.78 Å². The Morgan fingerprint density at radius 2 is 2.15 bits per heavy atom. The van der Waals surface area contributed by atoms with E-state index in [1.807, 2.05) is 0 Å². The summed E-state index contributed by atoms with van der Waals surface area (Å²) in [7, 11) is 0.862. The molecule has 0 aliphatic carbocycles. The SMILES string of the molecule is COC(=O)C(F)(F)C[C@H](N)CO.Cl. The van der Waals surface area contributed by atoms with Crippen LogP contribution < -0.4 is 5.73 Å². The highest BCUT2D eigenvalue weighted by Gasteiger charge is 2.41. The van der Waals surface area contributed by atoms with Gasteiger partial charge in [0.25, 0.3) is 0 Å². The normalized spacial score (nSPS) is 13.0. The Hall–Kier alpha value is -0.460. The smallest absolute Gasteiger partial charge is 0.376 e. The molecule has 0 saturated carbocycles. The molecule has 7 heteroatoms. The number of carbonyl (C=O) groups is 1. The monoisotopic (exact) mass is 219 g/mol. The molecule has 0 spiro atoms. The van der Waals surface area contributed by atoms with Crippen molar-refractivity contribution >= 4 is 18.4 Å². The number of halogens is 3. The van der Waals surface area contributed by atoms with E-state index in [4.69, 9.17) is 10.8 Å². The molecule has 0 amide bonds. The number of esters is 1. The van der Waals surface area contributed by atoms with Crippen LogP contribution >= 0.6 is 12.4 Å². The fraction of sp³-hybridized carbons (Fsp3) is 0.833. The number of ether oxygens (including phenoxy) is 1. The molecule has 0 heterocycles. The fourth-order valence-electron chi connectivity index (χ4n) is 0.626. The minimum absolute atomic E-state index is 0. The lowest BCUT2D eigenvalue weighted by atomic mass is 10.1. The van der Waals surface area contributed by atoms with Crippen molar-refractivity contribution in [3.8, 4) is 0 Å². The molecule has 0 aliphatic rings. The van der Waals surface area contributed by atoms with Gasteiger partial charge in [-0.1, -0.05) is 0 Å². The number of aliphatic hydroxyl groups is 1. The van der Waals surface area contributed by atoms with E-state index in [1.165, 1.54) is 0 Å². The summed E-state index contributed by atoms with van der Waals surface area (Å²) in [6, 6.07) is -1.11. The highest BCUT2D eigenvalue weighted by molar-refractivity contribution is 5.85. The summed E-state index contributed by atoms with van der Waals surface area (Å²) >= 11 is 0. The number of rotatable bonds is 4. The van der Waals surface area contributed by atoms with Gasteiger partial charge in [-0.2, -0.15) is 8.78 Å². The third kappa shape index (κ3) is 4.97. The lowest BCUT2D eigenvalue weighted by Crippen LogP contribution is -2.39. The molecule has 0 fully saturated rings. The van der Waals surface area contributed by atoms with Crippen molar-refractivity contribution in [3.05, 3.63) is 0 Å². The van der Waals surface area contributed by atoms with Crippen molar-refractivity contribution in [3.63, 3.8) is 0 Å². The van der Waals surface area contributed by atoms with Crippen molar-refractivity contribution in [1.82, 2.24) is 0 Å². The average Bonchev–Trinajstić information content (AvgIpc) is 2.02. The summed E-state index contributed by atoms with van der Waals surface area (Å²) in [5, 5.41) is 8.34. The van der Waals surface area contributed by atoms with Crippen molar-refractivity contribution < 1.29 is 23.4 Å². The molecule has 0 aromatic heterocycles. The van der Waals surface area contributed by atoms with Crippen LogP contribution in [-0.4, -0.2) is 36.8 Å². The molecule has 0 radical (unpaired) electrons. The van der Waals surface area contributed by atoms with E-state index in [9.17, 15) is 13.6 Å². The molecule has 0 rings (SSSR count). The summed E-state index contributed by atoms with van der Waals surface area (Å²) in [5.41, 5.74) is 5.01. The average molecular weight is 220 g/mol. The van der Waals surface area contributed by atoms with Gasteiger partial charge in [0.15, 0.2) is 0 Å². The van der Waals surface area contributed by atoms with Crippen LogP contribution in [0, 0.1) is 0 Å². The number of carbonyl (C=O) groups excluding carboxylic acids is 1. The van der Waals surface area contributed by atoms with Crippen molar-refractivity contribution in [2.75, 3.05) is 13.7 Å². The van der Waals surface area contributed by atoms with Crippen LogP contribution in [0.25, 0.3) is 0 Å². The van der Waals surface area contributed by atoms with Gasteiger partial charge in [0.05, 0.1) is 13.7 Å². The van der Waals surface area contributed by atoms with Crippen LogP contribution in [-0.2, 0) is 9.53 Å². The molecule has 13 heavy (non-hydrogen) atoms. The molecule has 0 saturated heterocycles. The standard InChI is InChI=1S/C6H11F2NO3.ClH/c1-12-5(11)6(7,8)2-4(9)3-10;/h4,10H,2-3,9H2,1H3;1H/t4-;/m0./s1. The second kappa shape index (κ2) is 6.06. The number of alkyl halides is 2. The van der Waals surface area contributed by atoms with Crippen LogP contribution in [0.15, 0.2) is 0 Å². The van der Waals surface area contributed by atoms with E-state index in [1.54, 1.807) is 0 Å². The summed E-state index contributed by atoms with van der Waals surface area (Å²) < 4.78 is 29.0. The highest BCUT2D eigenvalue weighted by atomic mass is 35.5. The van der Waals surface area contributed by atoms with E-state index in [0.717, 1.165) is 7.11 Å². The lowest BCUT2D eigenvalue weighted by molar-refractivity contribution is -0.170. The van der Waals surface area contributed by atoms with Crippen LogP contribution in [0.3, 0.4) is 0 Å². The van der Waals surface area contributed by atoms with E-state index >= 15 is 0 Å². The first kappa shape index (κ1) is 15.0. The van der Waals surface area contributed by atoms with Crippen molar-refractivity contribution in [2.45, 2.75) is 18.4 Å². The van der Waals surface area contributed by atoms with Gasteiger partial charge < -0.3 is 15.6 Å². The number of hydrogen-bond acceptors (Lipinski definition) is 4. The molecule has 3 N–H and O–H groups in total. The van der Waals surface area contributed by atoms with Crippen molar-refractivity contribution in [1.29, 1.82) is 0 Å². The summed E-state index contributed by atoms with van der Waals surface area (Å²) in [4.78, 5) is 10.4. The molecule has 0 aliphatic heterocycles. The Morgan fingerprint density at radius 3 is 2.46 bits per heavy atom. The van der Waals surface area contributed by atoms with Gasteiger partial charge in [0.1, 0.15) is 0 Å². The molecular weight excluding hydrogens is 208 g/mol. The largest absolute Gasteiger partial charge is 0.465 e. The maximum absolute atomic E-state index is 12.6. The first-order valence-electron chi connectivity index (χ1n) is 3.26. The van der Waals surface area contributed by atoms with Gasteiger partial charge in [0, 0.05) is 12.5 Å². The zero-order valence-corrected chi connectivity index (χ0v) is 7.81. The first-order valence-corrected chi connectivity index (χ1v) is 3.26. The maximum Gasteiger partial charge on any atom is 0.376 e. The van der Waals surface area contributed by atoms with Crippen LogP contribution in [0.2, 0.25) is 0 Å². The Balaban J connectivity index is 0. The first-order chi connectivity index (χ1) is 5.44. The predicted molar refractivity (Wildman–Crippen MR) is 43.9 cm³/mol. The van der Waals surface area contributed by atoms with Gasteiger partial charge in [-0.3, -0.25) is 0 Å². The quantitative estimate of drug-likeness (QED) is 0.649. The molecule has 0 bridgehead atoms. The molecule has 1 atom stereocenters. The molecule has 4 nitrogen and oxygen atoms in total. The topological polar surface area (TPSA) is 72.5 Å². The number of nitrogens with two attached hydrogens (primary N) is 1. The minimum atomic E-state index is -3.61. The third-order valence-corrected chi connectivity index (χ3v) is 1.24. The van der Waals surface area contributed by atoms with E-state index in [0.29, 0.717) is 0 Å². The summed E-state index contributed by atoms with van der Waals surface area (Å²) in [6.07, 6.45) is -0.907. The van der Waals surface area contributed by atoms with Crippen LogP contribution in [0.5, 0.6) is 0 Å². The predicted octanol–water partition coefficient (Wildman–Crippen LogP) is -0.0738. The van der Waals surface area contributed by atoms with E-state index < -0.39 is 31.0 Å². The number of hydrogen-bond donors (Lipinski definition) is 2. The molecular formula is C6H12ClF2NO3. The summed E-state index contributed by atoms with van der Waals surface area (Å²) in [6.45, 7) is -0.591. The third-order valence-electron chi connectivity index (χ3n) is 1.24. The van der Waals surface area contributed by atoms with E-state index in [2.05, 4.69) is 4.74 Å². The van der Waals surface area contributed by atoms with E-state index in [-0.39, 0.29) is 12.4 Å². The summed E-state index contributed by atoms with van der Waals surface area (Å²) in [5.74, 6) is -5.25. The lowest BCUT2D eigenvalue weighted by Gasteiger charge is -2.16. The number of aliphatic hydroxyl groups excluding tert-OH is 1. The fourth-order valence-corrected chi connectivity index (χ4v) is 0.626. The zero-order valence-electron chi connectivity index (χ0n) is 7.00.